The van der Waals surface area contributed by atoms with E-state index in [2.05, 4.69) is 35.4 Å². The van der Waals surface area contributed by atoms with Crippen LogP contribution in [0, 0.1) is 27.7 Å². The highest BCUT2D eigenvalue weighted by Crippen LogP contribution is 2.40. The first-order valence-corrected chi connectivity index (χ1v) is 7.67. The van der Waals surface area contributed by atoms with Crippen molar-refractivity contribution >= 4 is 22.1 Å². The maximum absolute atomic E-state index is 10.7. The summed E-state index contributed by atoms with van der Waals surface area (Å²) in [5.74, 6) is 0.202. The predicted octanol–water partition coefficient (Wildman–Crippen LogP) is 6.19. The van der Waals surface area contributed by atoms with Crippen LogP contribution in [0.1, 0.15) is 22.3 Å². The van der Waals surface area contributed by atoms with Crippen molar-refractivity contribution < 1.29 is 5.11 Å². The van der Waals surface area contributed by atoms with Gasteiger partial charge in [-0.05, 0) is 62.4 Å². The van der Waals surface area contributed by atoms with Crippen molar-refractivity contribution in [2.75, 3.05) is 0 Å². The molecule has 0 aromatic heterocycles. The van der Waals surface area contributed by atoms with Gasteiger partial charge in [-0.1, -0.05) is 35.4 Å². The summed E-state index contributed by atoms with van der Waals surface area (Å²) in [4.78, 5) is 0. The number of hydrogen-bond acceptors (Lipinski definition) is 3. The Labute approximate surface area is 136 Å². The largest absolute Gasteiger partial charge is 0.505 e. The second kappa shape index (κ2) is 5.84. The molecule has 0 unspecified atom stereocenters. The third-order valence-corrected chi connectivity index (χ3v) is 4.02. The van der Waals surface area contributed by atoms with E-state index in [4.69, 9.17) is 0 Å². The molecule has 3 heteroatoms. The molecule has 0 bridgehead atoms. The first kappa shape index (κ1) is 15.2. The fourth-order valence-corrected chi connectivity index (χ4v) is 2.89. The number of hydrogen-bond donors (Lipinski definition) is 1. The van der Waals surface area contributed by atoms with Crippen LogP contribution in [-0.2, 0) is 0 Å². The summed E-state index contributed by atoms with van der Waals surface area (Å²) < 4.78 is 0. The SMILES string of the molecule is Cc1ccc(N=Nc2c(C)cc3cc(C)cc(C)c3c2O)cc1. The van der Waals surface area contributed by atoms with Gasteiger partial charge in [0.25, 0.3) is 0 Å². The van der Waals surface area contributed by atoms with Crippen LogP contribution in [0.2, 0.25) is 0 Å². The lowest BCUT2D eigenvalue weighted by Gasteiger charge is -2.11. The molecule has 0 spiro atoms. The van der Waals surface area contributed by atoms with E-state index < -0.39 is 0 Å². The number of aryl methyl sites for hydroxylation is 4. The topological polar surface area (TPSA) is 45.0 Å². The summed E-state index contributed by atoms with van der Waals surface area (Å²) >= 11 is 0. The molecule has 0 aliphatic rings. The van der Waals surface area contributed by atoms with Crippen molar-refractivity contribution in [3.8, 4) is 5.75 Å². The number of benzene rings is 3. The molecule has 0 saturated heterocycles. The fourth-order valence-electron chi connectivity index (χ4n) is 2.89. The summed E-state index contributed by atoms with van der Waals surface area (Å²) in [5.41, 5.74) is 5.63. The highest BCUT2D eigenvalue weighted by Gasteiger charge is 2.12. The lowest BCUT2D eigenvalue weighted by molar-refractivity contribution is 0.482. The van der Waals surface area contributed by atoms with Crippen LogP contribution in [-0.4, -0.2) is 5.11 Å². The minimum Gasteiger partial charge on any atom is -0.505 e. The molecule has 0 aliphatic carbocycles. The molecule has 0 amide bonds. The molecule has 3 rings (SSSR count). The third-order valence-electron chi connectivity index (χ3n) is 4.02. The summed E-state index contributed by atoms with van der Waals surface area (Å²) in [6.07, 6.45) is 0. The molecule has 0 atom stereocenters. The van der Waals surface area contributed by atoms with E-state index in [0.717, 1.165) is 27.6 Å². The summed E-state index contributed by atoms with van der Waals surface area (Å²) in [6, 6.07) is 14.0. The van der Waals surface area contributed by atoms with Crippen molar-refractivity contribution in [2.45, 2.75) is 27.7 Å². The average Bonchev–Trinajstić information content (AvgIpc) is 2.47. The number of nitrogens with zero attached hydrogens (tertiary/aromatic N) is 2. The molecule has 116 valence electrons. The molecule has 3 aromatic carbocycles. The van der Waals surface area contributed by atoms with E-state index in [1.165, 1.54) is 11.1 Å². The van der Waals surface area contributed by atoms with Crippen LogP contribution < -0.4 is 0 Å². The van der Waals surface area contributed by atoms with Gasteiger partial charge in [-0.25, -0.2) is 0 Å². The predicted molar refractivity (Wildman–Crippen MR) is 95.2 cm³/mol. The van der Waals surface area contributed by atoms with E-state index in [0.29, 0.717) is 5.69 Å². The molecule has 0 heterocycles. The molecule has 3 nitrogen and oxygen atoms in total. The minimum absolute atomic E-state index is 0.202. The van der Waals surface area contributed by atoms with Gasteiger partial charge in [-0.15, -0.1) is 5.11 Å². The van der Waals surface area contributed by atoms with Crippen molar-refractivity contribution in [1.29, 1.82) is 0 Å². The Morgan fingerprint density at radius 2 is 1.43 bits per heavy atom. The van der Waals surface area contributed by atoms with Crippen molar-refractivity contribution in [2.24, 2.45) is 10.2 Å². The number of phenols is 1. The van der Waals surface area contributed by atoms with Crippen LogP contribution in [0.4, 0.5) is 11.4 Å². The molecule has 0 saturated carbocycles. The lowest BCUT2D eigenvalue weighted by Crippen LogP contribution is -1.86. The van der Waals surface area contributed by atoms with E-state index in [9.17, 15) is 5.11 Å². The molecule has 3 aromatic rings. The third kappa shape index (κ3) is 2.95. The highest BCUT2D eigenvalue weighted by atomic mass is 16.3. The zero-order valence-corrected chi connectivity index (χ0v) is 13.9. The Bertz CT molecular complexity index is 909. The van der Waals surface area contributed by atoms with Crippen molar-refractivity contribution in [3.63, 3.8) is 0 Å². The molecule has 0 fully saturated rings. The van der Waals surface area contributed by atoms with Crippen LogP contribution in [0.5, 0.6) is 5.75 Å². The van der Waals surface area contributed by atoms with Crippen LogP contribution >= 0.6 is 0 Å². The molecular weight excluding hydrogens is 284 g/mol. The minimum atomic E-state index is 0.202. The van der Waals surface area contributed by atoms with Gasteiger partial charge in [0.1, 0.15) is 5.69 Å². The standard InChI is InChI=1S/C20H20N2O/c1-12-5-7-17(8-6-12)21-22-19-15(4)11-16-10-13(2)9-14(3)18(16)20(19)23/h5-11,23H,1-4H3. The van der Waals surface area contributed by atoms with Crippen LogP contribution in [0.15, 0.2) is 52.7 Å². The van der Waals surface area contributed by atoms with Gasteiger partial charge in [0.2, 0.25) is 0 Å². The zero-order chi connectivity index (χ0) is 16.6. The number of azo groups is 1. The molecule has 0 radical (unpaired) electrons. The van der Waals surface area contributed by atoms with Gasteiger partial charge in [-0.3, -0.25) is 0 Å². The van der Waals surface area contributed by atoms with E-state index in [1.807, 2.05) is 45.0 Å². The Kier molecular flexibility index (Phi) is 3.87. The number of phenolic OH excluding ortho intramolecular Hbond substituents is 1. The zero-order valence-electron chi connectivity index (χ0n) is 13.9. The van der Waals surface area contributed by atoms with Gasteiger partial charge in [0.05, 0.1) is 5.69 Å². The van der Waals surface area contributed by atoms with Crippen molar-refractivity contribution in [3.05, 3.63) is 64.7 Å². The number of rotatable bonds is 2. The van der Waals surface area contributed by atoms with Gasteiger partial charge in [-0.2, -0.15) is 5.11 Å². The Morgan fingerprint density at radius 3 is 2.13 bits per heavy atom. The number of aromatic hydroxyl groups is 1. The smallest absolute Gasteiger partial charge is 0.151 e. The maximum atomic E-state index is 10.7. The van der Waals surface area contributed by atoms with Gasteiger partial charge < -0.3 is 5.11 Å². The first-order chi connectivity index (χ1) is 11.0. The number of fused-ring (bicyclic) bond motifs is 1. The maximum Gasteiger partial charge on any atom is 0.151 e. The molecular formula is C20H20N2O. The summed E-state index contributed by atoms with van der Waals surface area (Å²) in [5, 5.41) is 21.1. The monoisotopic (exact) mass is 304 g/mol. The van der Waals surface area contributed by atoms with Crippen LogP contribution in [0.25, 0.3) is 10.8 Å². The van der Waals surface area contributed by atoms with Crippen LogP contribution in [0.3, 0.4) is 0 Å². The second-order valence-corrected chi connectivity index (χ2v) is 6.11. The molecule has 1 N–H and O–H groups in total. The van der Waals surface area contributed by atoms with Gasteiger partial charge in [0, 0.05) is 5.39 Å². The first-order valence-electron chi connectivity index (χ1n) is 7.67. The average molecular weight is 304 g/mol. The van der Waals surface area contributed by atoms with Gasteiger partial charge >= 0.3 is 0 Å². The quantitative estimate of drug-likeness (QED) is 0.563. The highest BCUT2D eigenvalue weighted by molar-refractivity contribution is 5.96. The van der Waals surface area contributed by atoms with E-state index >= 15 is 0 Å². The van der Waals surface area contributed by atoms with Gasteiger partial charge in [0.15, 0.2) is 5.75 Å². The Balaban J connectivity index is 2.12. The van der Waals surface area contributed by atoms with E-state index in [1.54, 1.807) is 0 Å². The molecule has 23 heavy (non-hydrogen) atoms. The lowest BCUT2D eigenvalue weighted by atomic mass is 9.98. The van der Waals surface area contributed by atoms with Crippen molar-refractivity contribution in [1.82, 2.24) is 0 Å². The second-order valence-electron chi connectivity index (χ2n) is 6.11. The normalized spacial score (nSPS) is 11.5. The van der Waals surface area contributed by atoms with E-state index in [-0.39, 0.29) is 5.75 Å². The fraction of sp³-hybridized carbons (Fsp3) is 0.200. The summed E-state index contributed by atoms with van der Waals surface area (Å²) in [6.45, 7) is 8.04. The molecule has 0 aliphatic heterocycles. The Morgan fingerprint density at radius 1 is 0.739 bits per heavy atom. The summed E-state index contributed by atoms with van der Waals surface area (Å²) in [7, 11) is 0. The Hall–Kier alpha value is -2.68.